The number of rotatable bonds is 33. The van der Waals surface area contributed by atoms with E-state index >= 15 is 0 Å². The van der Waals surface area contributed by atoms with Crippen molar-refractivity contribution < 1.29 is 163 Å². The standard InChI is InChI=1S/C18H28N2O8.C18H32N2O7Se.C14H25NO6.C9H16N2O5Se.C4H9NO2Se.C4H10O.C2HF3O2/c1-17(2,3)26-15(24)11(19-16(25)27-18(4,5)6)7-10-14(23)28-20-12(21)8-9-13(20)22;1-17(2,3)26-15(24)11(20-16(25)27-18(4,5)6)8-9-13(21)19-12(10-28-7)14(22)23;1-13(2,3)20-11(18)9(7-8-10(16)17)15-12(19)21-14(4,5)6;1-17-4-6(9(15)16)11-7(12)3-2-5(10)8(13)14;1-8-2-3(5)4(6)7;1-3-5-4-2;3-2(4,5)1(6)7/h11H,7-10H2,1-6H3,(H,19,25);11-12H,8-10H2,1-7H3,(H,19,21)(H,20,25)(H,22,23);9H,7-8H2,1-6H3,(H,15,19)(H,16,17);5-6H,2-4,10H2,1H3,(H,11,12)(H,13,14)(H,15,16);3H,2,5H2,1H3,(H,6,7);3-4H2,1-2H3;(H,6,7). The van der Waals surface area contributed by atoms with Crippen LogP contribution in [0.4, 0.5) is 27.6 Å². The Kier molecular flexibility index (Phi) is 59.2. The SMILES string of the molecule is CC(C)(C)OC(=O)NC(CCC(=O)O)C(=O)OC(C)(C)C.CC(C)(C)OC(=O)NC(CCC(=O)ON1C(=O)CCC1=O)C(=O)OC(C)(C)C.CCOCC.C[Se]CC(N)C(=O)O.C[Se]CC(NC(=O)CCC(N)C(=O)O)C(=O)O.C[Se]CC(NC(=O)CCC(NC(=O)OC(C)(C)C)C(=O)OC(C)(C)C)C(=O)O.O=C(O)C(F)(F)F. The van der Waals surface area contributed by atoms with Gasteiger partial charge in [-0.1, -0.05) is 0 Å². The third kappa shape index (κ3) is 71.6. The van der Waals surface area contributed by atoms with E-state index in [2.05, 4.69) is 26.6 Å². The van der Waals surface area contributed by atoms with Crippen molar-refractivity contribution in [2.75, 3.05) is 13.2 Å². The molecule has 1 aliphatic heterocycles. The number of esters is 3. The van der Waals surface area contributed by atoms with Crippen molar-refractivity contribution in [2.45, 2.75) is 318 Å². The van der Waals surface area contributed by atoms with Crippen LogP contribution in [0.3, 0.4) is 0 Å². The van der Waals surface area contributed by atoms with Gasteiger partial charge in [-0.3, -0.25) is 14.4 Å². The summed E-state index contributed by atoms with van der Waals surface area (Å²) in [4.78, 5) is 197. The van der Waals surface area contributed by atoms with Crippen LogP contribution in [0.1, 0.15) is 203 Å². The second-order valence-electron chi connectivity index (χ2n) is 29.5. The van der Waals surface area contributed by atoms with Crippen molar-refractivity contribution in [3.8, 4) is 0 Å². The molecule has 7 unspecified atom stereocenters. The number of carbonyl (C=O) groups excluding carboxylic acids is 11. The third-order valence-electron chi connectivity index (χ3n) is 11.5. The van der Waals surface area contributed by atoms with Crippen LogP contribution < -0.4 is 38.1 Å². The van der Waals surface area contributed by atoms with Crippen LogP contribution in [-0.4, -0.2) is 277 Å². The Hall–Kier alpha value is -8.18. The fourth-order valence-corrected chi connectivity index (χ4v) is 10.3. The summed E-state index contributed by atoms with van der Waals surface area (Å²) < 4.78 is 67.6. The zero-order valence-corrected chi connectivity index (χ0v) is 74.1. The van der Waals surface area contributed by atoms with E-state index in [-0.39, 0.29) is 94.1 Å². The average Bonchev–Trinajstić information content (AvgIpc) is 1.73. The number of halogens is 3. The second kappa shape index (κ2) is 57.8. The number of aliphatic carboxylic acids is 6. The first-order valence-corrected chi connectivity index (χ1v) is 43.6. The summed E-state index contributed by atoms with van der Waals surface area (Å²) in [5.74, 6) is -7.59. The Balaban J connectivity index is -0.000000318. The third-order valence-corrected chi connectivity index (χ3v) is 15.8. The van der Waals surface area contributed by atoms with Crippen LogP contribution in [0.15, 0.2) is 0 Å². The fraction of sp³-hybridized carbons (Fsp3) is 0.754. The van der Waals surface area contributed by atoms with E-state index in [1.54, 1.807) is 125 Å². The Bertz CT molecular complexity index is 3060. The van der Waals surface area contributed by atoms with Crippen LogP contribution in [0, 0.1) is 0 Å². The molecular weight excluding hydrogens is 1730 g/mol. The van der Waals surface area contributed by atoms with E-state index in [4.69, 9.17) is 84.9 Å². The number of imide groups is 1. The molecule has 0 spiro atoms. The molecule has 0 aliphatic carbocycles. The molecule has 0 aromatic heterocycles. The quantitative estimate of drug-likeness (QED) is 0.0164. The van der Waals surface area contributed by atoms with Crippen molar-refractivity contribution in [2.24, 2.45) is 11.5 Å². The molecule has 1 aliphatic rings. The van der Waals surface area contributed by atoms with E-state index in [1.807, 2.05) is 31.3 Å². The number of hydrogen-bond donors (Lipinski definition) is 13. The smallest absolute Gasteiger partial charge is 0.475 e. The number of alkyl carbamates (subject to hydrolysis) is 3. The van der Waals surface area contributed by atoms with Gasteiger partial charge >= 0.3 is 379 Å². The molecule has 1 saturated heterocycles. The molecule has 7 atom stereocenters. The normalized spacial score (nSPS) is 13.8. The monoisotopic (exact) mass is 1850 g/mol. The molecule has 0 saturated carbocycles. The number of nitrogens with one attached hydrogen (secondary N) is 5. The zero-order chi connectivity index (χ0) is 90.9. The first-order chi connectivity index (χ1) is 51.5. The summed E-state index contributed by atoms with van der Waals surface area (Å²) in [6.45, 7) is 35.9. The average molecular weight is 1850 g/mol. The van der Waals surface area contributed by atoms with Gasteiger partial charge in [0.05, 0.1) is 6.42 Å². The Morgan fingerprint density at radius 1 is 0.404 bits per heavy atom. The molecule has 1 fully saturated rings. The topological polar surface area (TPSA) is 601 Å². The van der Waals surface area contributed by atoms with Gasteiger partial charge in [0.15, 0.2) is 0 Å². The molecule has 7 amide bonds. The molecule has 114 heavy (non-hydrogen) atoms. The maximum absolute atomic E-state index is 12.4. The van der Waals surface area contributed by atoms with E-state index in [0.29, 0.717) is 36.0 Å². The number of hydrogen-bond acceptors (Lipinski definition) is 27. The minimum absolute atomic E-state index is 0.00915. The van der Waals surface area contributed by atoms with Gasteiger partial charge < -0.3 is 49.4 Å². The molecule has 15 N–H and O–H groups in total. The van der Waals surface area contributed by atoms with Gasteiger partial charge in [-0.05, 0) is 110 Å². The molecule has 0 aromatic rings. The summed E-state index contributed by atoms with van der Waals surface area (Å²) in [6, 6.07) is -6.93. The van der Waals surface area contributed by atoms with Crippen LogP contribution in [0.2, 0.25) is 33.4 Å². The number of nitrogens with zero attached hydrogens (tertiary/aromatic N) is 1. The van der Waals surface area contributed by atoms with Gasteiger partial charge in [0.2, 0.25) is 0 Å². The maximum Gasteiger partial charge on any atom is 0.490 e. The summed E-state index contributed by atoms with van der Waals surface area (Å²) in [7, 11) is 0. The first kappa shape index (κ1) is 117. The minimum Gasteiger partial charge on any atom is -0.475 e. The Morgan fingerprint density at radius 3 is 0.895 bits per heavy atom. The molecule has 0 radical (unpaired) electrons. The zero-order valence-electron chi connectivity index (χ0n) is 69.0. The number of hydroxylamine groups is 2. The van der Waals surface area contributed by atoms with Crippen molar-refractivity contribution >= 4 is 146 Å². The molecule has 45 heteroatoms. The molecule has 0 bridgehead atoms. The van der Waals surface area contributed by atoms with Crippen LogP contribution >= 0.6 is 0 Å². The summed E-state index contributed by atoms with van der Waals surface area (Å²) in [6.07, 6.45) is -8.70. The van der Waals surface area contributed by atoms with Crippen molar-refractivity contribution in [3.63, 3.8) is 0 Å². The summed E-state index contributed by atoms with van der Waals surface area (Å²) in [5, 5.41) is 64.2. The molecular formula is C69H121F3N8O31Se3. The predicted octanol–water partition coefficient (Wildman–Crippen LogP) is 5.60. The number of amides is 7. The number of carboxylic acid groups (broad SMARTS) is 6. The molecule has 1 heterocycles. The Morgan fingerprint density at radius 2 is 0.675 bits per heavy atom. The van der Waals surface area contributed by atoms with Gasteiger partial charge in [0, 0.05) is 32.5 Å². The van der Waals surface area contributed by atoms with Gasteiger partial charge in [-0.25, -0.2) is 28.8 Å². The summed E-state index contributed by atoms with van der Waals surface area (Å²) >= 11 is 0.583. The van der Waals surface area contributed by atoms with E-state index in [9.17, 15) is 89.9 Å². The minimum atomic E-state index is -5.08. The largest absolute Gasteiger partial charge is 0.490 e. The molecule has 39 nitrogen and oxygen atoms in total. The summed E-state index contributed by atoms with van der Waals surface area (Å²) in [5.41, 5.74) is 5.81. The van der Waals surface area contributed by atoms with Crippen molar-refractivity contribution in [3.05, 3.63) is 0 Å². The van der Waals surface area contributed by atoms with E-state index in [0.717, 1.165) is 13.2 Å². The number of alkyl halides is 3. The van der Waals surface area contributed by atoms with Crippen LogP contribution in [0.25, 0.3) is 0 Å². The van der Waals surface area contributed by atoms with E-state index < -0.39 is 184 Å². The fourth-order valence-electron chi connectivity index (χ4n) is 6.91. The van der Waals surface area contributed by atoms with Gasteiger partial charge in [-0.2, -0.15) is 13.2 Å². The second-order valence-corrected chi connectivity index (χ2v) is 35.3. The van der Waals surface area contributed by atoms with Crippen LogP contribution in [-0.2, 0) is 105 Å². The van der Waals surface area contributed by atoms with Gasteiger partial charge in [-0.15, -0.1) is 5.06 Å². The number of carbonyl (C=O) groups is 17. The molecule has 1 rings (SSSR count). The number of ether oxygens (including phenoxy) is 7. The first-order valence-electron chi connectivity index (χ1n) is 34.9. The maximum atomic E-state index is 12.4. The van der Waals surface area contributed by atoms with Crippen LogP contribution in [0.5, 0.6) is 0 Å². The molecule has 662 valence electrons. The van der Waals surface area contributed by atoms with Crippen molar-refractivity contribution in [1.29, 1.82) is 0 Å². The number of carboxylic acids is 6. The Labute approximate surface area is 680 Å². The molecule has 0 aromatic carbocycles. The van der Waals surface area contributed by atoms with Gasteiger partial charge in [0.1, 0.15) is 34.5 Å². The van der Waals surface area contributed by atoms with E-state index in [1.165, 1.54) is 0 Å². The number of nitrogens with two attached hydrogens (primary N) is 2. The predicted molar refractivity (Wildman–Crippen MR) is 404 cm³/mol. The van der Waals surface area contributed by atoms with Crippen molar-refractivity contribution in [1.82, 2.24) is 31.6 Å². The van der Waals surface area contributed by atoms with Gasteiger partial charge in [0.25, 0.3) is 11.8 Å².